The van der Waals surface area contributed by atoms with Gasteiger partial charge in [-0.25, -0.2) is 0 Å². The minimum atomic E-state index is -0.535. The number of aromatic nitrogens is 4. The molecule has 0 fully saturated rings. The summed E-state index contributed by atoms with van der Waals surface area (Å²) in [6.07, 6.45) is 1.34. The second kappa shape index (κ2) is 7.50. The molecule has 122 valence electrons. The lowest BCUT2D eigenvalue weighted by Crippen LogP contribution is -2.25. The average molecular weight is 320 g/mol. The molecule has 24 heavy (non-hydrogen) atoms. The Labute approximate surface area is 140 Å². The van der Waals surface area contributed by atoms with Crippen molar-refractivity contribution in [2.75, 3.05) is 5.32 Å². The number of aryl methyl sites for hydroxylation is 1. The maximum absolute atomic E-state index is 12.8. The maximum Gasteiger partial charge on any atom is 0.232 e. The molecule has 0 saturated carbocycles. The number of nitrogens with one attached hydrogen (secondary N) is 1. The number of rotatable bonds is 6. The topological polar surface area (TPSA) is 81.9 Å². The molecule has 0 spiro atoms. The minimum absolute atomic E-state index is 0.158. The van der Waals surface area contributed by atoms with E-state index in [-0.39, 0.29) is 5.91 Å². The number of nitrogens with zero attached hydrogens (tertiary/aromatic N) is 4. The maximum atomic E-state index is 12.8. The first kappa shape index (κ1) is 15.9. The molecule has 1 N–H and O–H groups in total. The van der Waals surface area contributed by atoms with Gasteiger partial charge < -0.3 is 10.4 Å². The van der Waals surface area contributed by atoms with Gasteiger partial charge >= 0.3 is 0 Å². The molecule has 6 nitrogen and oxygen atoms in total. The second-order valence-corrected chi connectivity index (χ2v) is 5.48. The van der Waals surface area contributed by atoms with Gasteiger partial charge in [0.25, 0.3) is 0 Å². The van der Waals surface area contributed by atoms with Crippen molar-refractivity contribution in [1.82, 2.24) is 20.6 Å². The Hall–Kier alpha value is -3.02. The van der Waals surface area contributed by atoms with Gasteiger partial charge in [0.1, 0.15) is 0 Å². The van der Waals surface area contributed by atoms with Gasteiger partial charge in [0.15, 0.2) is 0 Å². The average Bonchev–Trinajstić information content (AvgIpc) is 3.15. The summed E-state index contributed by atoms with van der Waals surface area (Å²) in [5.74, 6) is -0.354. The standard InChI is InChI=1S/C18H19N5O/c1-2-14-10-6-7-11-16(14)19-18(24)15(17-20-22-23-21-17)12-13-8-4-3-5-9-13/h3-11,15H,2,12H2,1H3,(H2,19,20,21,22,23,24)/p-1/t15-/m0/s1. The highest BCUT2D eigenvalue weighted by Crippen LogP contribution is 2.21. The van der Waals surface area contributed by atoms with Gasteiger partial charge in [-0.05, 0) is 30.0 Å². The summed E-state index contributed by atoms with van der Waals surface area (Å²) in [7, 11) is 0. The molecule has 3 rings (SSSR count). The number of amides is 1. The van der Waals surface area contributed by atoms with E-state index >= 15 is 0 Å². The zero-order chi connectivity index (χ0) is 16.8. The van der Waals surface area contributed by atoms with Gasteiger partial charge in [-0.15, -0.1) is 0 Å². The number of benzene rings is 2. The lowest BCUT2D eigenvalue weighted by Gasteiger charge is -2.18. The highest BCUT2D eigenvalue weighted by molar-refractivity contribution is 5.96. The zero-order valence-electron chi connectivity index (χ0n) is 13.4. The Bertz CT molecular complexity index is 786. The molecule has 1 amide bonds. The monoisotopic (exact) mass is 320 g/mol. The molecule has 0 aliphatic rings. The Morgan fingerprint density at radius 3 is 2.58 bits per heavy atom. The van der Waals surface area contributed by atoms with Crippen molar-refractivity contribution in [3.63, 3.8) is 0 Å². The molecule has 3 aromatic rings. The van der Waals surface area contributed by atoms with Gasteiger partial charge in [-0.2, -0.15) is 5.21 Å². The van der Waals surface area contributed by atoms with E-state index in [1.807, 2.05) is 54.6 Å². The highest BCUT2D eigenvalue weighted by Gasteiger charge is 2.21. The third kappa shape index (κ3) is 3.65. The summed E-state index contributed by atoms with van der Waals surface area (Å²) in [6.45, 7) is 2.06. The van der Waals surface area contributed by atoms with Gasteiger partial charge in [-0.3, -0.25) is 15.1 Å². The largest absolute Gasteiger partial charge is 0.335 e. The molecule has 0 aliphatic carbocycles. The Morgan fingerprint density at radius 2 is 1.88 bits per heavy atom. The molecule has 0 radical (unpaired) electrons. The number of hydrogen-bond acceptors (Lipinski definition) is 4. The van der Waals surface area contributed by atoms with E-state index in [0.29, 0.717) is 12.2 Å². The van der Waals surface area contributed by atoms with Gasteiger partial charge in [0.05, 0.1) is 5.92 Å². The molecule has 0 unspecified atom stereocenters. The van der Waals surface area contributed by atoms with Crippen LogP contribution in [0.2, 0.25) is 0 Å². The van der Waals surface area contributed by atoms with E-state index in [9.17, 15) is 4.79 Å². The minimum Gasteiger partial charge on any atom is -0.335 e. The molecule has 2 aromatic carbocycles. The Morgan fingerprint density at radius 1 is 1.12 bits per heavy atom. The van der Waals surface area contributed by atoms with Crippen LogP contribution in [0.15, 0.2) is 54.6 Å². The fourth-order valence-corrected chi connectivity index (χ4v) is 2.61. The van der Waals surface area contributed by atoms with Crippen molar-refractivity contribution in [2.45, 2.75) is 25.7 Å². The summed E-state index contributed by atoms with van der Waals surface area (Å²) in [6, 6.07) is 17.6. The zero-order valence-corrected chi connectivity index (χ0v) is 13.4. The van der Waals surface area contributed by atoms with Gasteiger partial charge in [-0.1, -0.05) is 55.5 Å². The molecule has 0 saturated heterocycles. The van der Waals surface area contributed by atoms with Crippen LogP contribution in [0.5, 0.6) is 0 Å². The number of tetrazole rings is 1. The van der Waals surface area contributed by atoms with Crippen molar-refractivity contribution < 1.29 is 4.79 Å². The van der Waals surface area contributed by atoms with Crippen LogP contribution in [0.4, 0.5) is 5.69 Å². The van der Waals surface area contributed by atoms with Crippen LogP contribution >= 0.6 is 0 Å². The van der Waals surface area contributed by atoms with Crippen LogP contribution < -0.4 is 10.4 Å². The number of anilines is 1. The summed E-state index contributed by atoms with van der Waals surface area (Å²) in [4.78, 5) is 12.8. The molecular weight excluding hydrogens is 302 g/mol. The second-order valence-electron chi connectivity index (χ2n) is 5.48. The third-order valence-electron chi connectivity index (χ3n) is 3.90. The lowest BCUT2D eigenvalue weighted by molar-refractivity contribution is -0.117. The van der Waals surface area contributed by atoms with Crippen molar-refractivity contribution in [3.05, 3.63) is 71.5 Å². The molecule has 6 heteroatoms. The molecule has 0 bridgehead atoms. The van der Waals surface area contributed by atoms with Crippen LogP contribution in [0.1, 0.15) is 29.8 Å². The molecule has 1 atom stereocenters. The fourth-order valence-electron chi connectivity index (χ4n) is 2.61. The molecular formula is C18H18N5O-. The quantitative estimate of drug-likeness (QED) is 0.754. The summed E-state index contributed by atoms with van der Waals surface area (Å²) < 4.78 is 0. The first-order valence-corrected chi connectivity index (χ1v) is 7.89. The normalized spacial score (nSPS) is 11.9. The van der Waals surface area contributed by atoms with Crippen LogP contribution in [-0.4, -0.2) is 21.4 Å². The van der Waals surface area contributed by atoms with E-state index in [4.69, 9.17) is 0 Å². The number of carbonyl (C=O) groups excluding carboxylic acids is 1. The third-order valence-corrected chi connectivity index (χ3v) is 3.90. The SMILES string of the molecule is CCc1ccccc1NC(=O)[C@@H](Cc1ccccc1)c1nnn[n-]1. The van der Waals surface area contributed by atoms with Crippen LogP contribution in [0.25, 0.3) is 0 Å². The number of hydrogen-bond donors (Lipinski definition) is 1. The summed E-state index contributed by atoms with van der Waals surface area (Å²) in [5, 5.41) is 17.8. The Balaban J connectivity index is 1.84. The van der Waals surface area contributed by atoms with Crippen molar-refractivity contribution in [2.24, 2.45) is 0 Å². The highest BCUT2D eigenvalue weighted by atomic mass is 16.1. The van der Waals surface area contributed by atoms with E-state index < -0.39 is 5.92 Å². The van der Waals surface area contributed by atoms with E-state index in [1.165, 1.54) is 0 Å². The first-order valence-electron chi connectivity index (χ1n) is 7.89. The van der Waals surface area contributed by atoms with E-state index in [0.717, 1.165) is 23.2 Å². The number of para-hydroxylation sites is 1. The predicted molar refractivity (Wildman–Crippen MR) is 90.5 cm³/mol. The van der Waals surface area contributed by atoms with Gasteiger partial charge in [0.2, 0.25) is 5.91 Å². The number of carbonyl (C=O) groups is 1. The summed E-state index contributed by atoms with van der Waals surface area (Å²) >= 11 is 0. The van der Waals surface area contributed by atoms with Crippen molar-refractivity contribution >= 4 is 11.6 Å². The van der Waals surface area contributed by atoms with Crippen LogP contribution in [0.3, 0.4) is 0 Å². The fraction of sp³-hybridized carbons (Fsp3) is 0.222. The lowest BCUT2D eigenvalue weighted by atomic mass is 9.97. The molecule has 0 aliphatic heterocycles. The van der Waals surface area contributed by atoms with E-state index in [2.05, 4.69) is 32.9 Å². The van der Waals surface area contributed by atoms with Crippen LogP contribution in [0, 0.1) is 0 Å². The van der Waals surface area contributed by atoms with E-state index in [1.54, 1.807) is 0 Å². The van der Waals surface area contributed by atoms with Crippen LogP contribution in [-0.2, 0) is 17.6 Å². The first-order chi connectivity index (χ1) is 11.8. The predicted octanol–water partition coefficient (Wildman–Crippen LogP) is 2.36. The molecule has 1 aromatic heterocycles. The smallest absolute Gasteiger partial charge is 0.232 e. The van der Waals surface area contributed by atoms with Crippen molar-refractivity contribution in [1.29, 1.82) is 0 Å². The Kier molecular flexibility index (Phi) is 4.96. The molecule has 1 heterocycles. The van der Waals surface area contributed by atoms with Gasteiger partial charge in [0, 0.05) is 11.5 Å². The van der Waals surface area contributed by atoms with Crippen molar-refractivity contribution in [3.8, 4) is 0 Å². The summed E-state index contributed by atoms with van der Waals surface area (Å²) in [5.41, 5.74) is 2.94.